The van der Waals surface area contributed by atoms with Crippen LogP contribution >= 0.6 is 0 Å². The van der Waals surface area contributed by atoms with Crippen LogP contribution in [0.2, 0.25) is 0 Å². The van der Waals surface area contributed by atoms with Crippen LogP contribution in [-0.2, 0) is 4.74 Å². The first-order chi connectivity index (χ1) is 7.36. The minimum Gasteiger partial charge on any atom is -0.396 e. The summed E-state index contributed by atoms with van der Waals surface area (Å²) in [6.07, 6.45) is 2.28. The first kappa shape index (κ1) is 15.9. The summed E-state index contributed by atoms with van der Waals surface area (Å²) in [5.41, 5.74) is 0.301. The molecule has 0 radical (unpaired) electrons. The molecule has 0 aliphatic rings. The van der Waals surface area contributed by atoms with Crippen molar-refractivity contribution in [3.63, 3.8) is 0 Å². The maximum absolute atomic E-state index is 9.20. The van der Waals surface area contributed by atoms with Crippen LogP contribution in [0.3, 0.4) is 0 Å². The maximum Gasteiger partial charge on any atom is 0.0597 e. The Hall–Kier alpha value is -0.0800. The molecule has 0 aliphatic carbocycles. The molecule has 2 nitrogen and oxygen atoms in total. The molecule has 0 heterocycles. The molecule has 0 aromatic carbocycles. The lowest BCUT2D eigenvalue weighted by Crippen LogP contribution is -2.30. The highest BCUT2D eigenvalue weighted by Crippen LogP contribution is 2.29. The standard InChI is InChI=1S/C14H30O2/c1-7-12(9-15)11(3)16-10-13(8-2)14(4,5)6/h11-13,15H,7-10H2,1-6H3. The number of hydrogen-bond donors (Lipinski definition) is 1. The molecule has 1 N–H and O–H groups in total. The molecule has 0 aromatic heterocycles. The number of hydrogen-bond acceptors (Lipinski definition) is 2. The summed E-state index contributed by atoms with van der Waals surface area (Å²) in [5.74, 6) is 0.864. The molecule has 98 valence electrons. The van der Waals surface area contributed by atoms with E-state index in [1.54, 1.807) is 0 Å². The Bertz CT molecular complexity index is 168. The molecule has 2 heteroatoms. The van der Waals surface area contributed by atoms with Gasteiger partial charge in [-0.3, -0.25) is 0 Å². The van der Waals surface area contributed by atoms with Gasteiger partial charge in [-0.1, -0.05) is 41.0 Å². The van der Waals surface area contributed by atoms with Gasteiger partial charge in [0.25, 0.3) is 0 Å². The van der Waals surface area contributed by atoms with Crippen molar-refractivity contribution in [1.29, 1.82) is 0 Å². The summed E-state index contributed by atoms with van der Waals surface area (Å²) in [6.45, 7) is 14.2. The van der Waals surface area contributed by atoms with Crippen molar-refractivity contribution in [2.24, 2.45) is 17.3 Å². The fourth-order valence-electron chi connectivity index (χ4n) is 1.99. The van der Waals surface area contributed by atoms with Crippen LogP contribution in [0, 0.1) is 17.3 Å². The lowest BCUT2D eigenvalue weighted by atomic mass is 9.79. The van der Waals surface area contributed by atoms with Crippen LogP contribution in [0.25, 0.3) is 0 Å². The summed E-state index contributed by atoms with van der Waals surface area (Å²) in [4.78, 5) is 0. The minimum atomic E-state index is 0.159. The van der Waals surface area contributed by atoms with Crippen LogP contribution < -0.4 is 0 Å². The van der Waals surface area contributed by atoms with Gasteiger partial charge in [0.15, 0.2) is 0 Å². The minimum absolute atomic E-state index is 0.159. The highest BCUT2D eigenvalue weighted by atomic mass is 16.5. The number of rotatable bonds is 7. The Labute approximate surface area is 101 Å². The van der Waals surface area contributed by atoms with E-state index in [4.69, 9.17) is 4.74 Å². The molecule has 0 spiro atoms. The molecule has 0 aliphatic heterocycles. The van der Waals surface area contributed by atoms with Crippen LogP contribution in [0.15, 0.2) is 0 Å². The second kappa shape index (κ2) is 7.29. The quantitative estimate of drug-likeness (QED) is 0.725. The second-order valence-electron chi connectivity index (χ2n) is 5.86. The largest absolute Gasteiger partial charge is 0.396 e. The van der Waals surface area contributed by atoms with Crippen molar-refractivity contribution in [2.45, 2.75) is 60.5 Å². The molecule has 0 amide bonds. The van der Waals surface area contributed by atoms with E-state index < -0.39 is 0 Å². The molecular formula is C14H30O2. The van der Waals surface area contributed by atoms with Crippen LogP contribution in [0.5, 0.6) is 0 Å². The Morgan fingerprint density at radius 1 is 1.12 bits per heavy atom. The number of ether oxygens (including phenoxy) is 1. The fraction of sp³-hybridized carbons (Fsp3) is 1.00. The monoisotopic (exact) mass is 230 g/mol. The zero-order chi connectivity index (χ0) is 12.8. The Morgan fingerprint density at radius 3 is 2.00 bits per heavy atom. The van der Waals surface area contributed by atoms with Gasteiger partial charge in [-0.2, -0.15) is 0 Å². The average molecular weight is 230 g/mol. The van der Waals surface area contributed by atoms with Crippen molar-refractivity contribution < 1.29 is 9.84 Å². The van der Waals surface area contributed by atoms with Crippen LogP contribution in [0.1, 0.15) is 54.4 Å². The van der Waals surface area contributed by atoms with Crippen LogP contribution in [0.4, 0.5) is 0 Å². The third-order valence-electron chi connectivity index (χ3n) is 3.70. The molecule has 0 saturated carbocycles. The summed E-state index contributed by atoms with van der Waals surface area (Å²) in [6, 6.07) is 0. The lowest BCUT2D eigenvalue weighted by Gasteiger charge is -2.32. The fourth-order valence-corrected chi connectivity index (χ4v) is 1.99. The van der Waals surface area contributed by atoms with E-state index in [9.17, 15) is 5.11 Å². The summed E-state index contributed by atoms with van der Waals surface area (Å²) in [7, 11) is 0. The highest BCUT2D eigenvalue weighted by molar-refractivity contribution is 4.73. The van der Waals surface area contributed by atoms with Crippen molar-refractivity contribution in [2.75, 3.05) is 13.2 Å². The van der Waals surface area contributed by atoms with E-state index in [1.165, 1.54) is 0 Å². The molecule has 0 bridgehead atoms. The Morgan fingerprint density at radius 2 is 1.69 bits per heavy atom. The molecule has 0 saturated heterocycles. The van der Waals surface area contributed by atoms with Gasteiger partial charge in [0, 0.05) is 12.5 Å². The van der Waals surface area contributed by atoms with Crippen molar-refractivity contribution in [3.8, 4) is 0 Å². The van der Waals surface area contributed by atoms with E-state index in [-0.39, 0.29) is 18.6 Å². The van der Waals surface area contributed by atoms with E-state index in [1.807, 2.05) is 0 Å². The van der Waals surface area contributed by atoms with Gasteiger partial charge >= 0.3 is 0 Å². The Balaban J connectivity index is 4.11. The average Bonchev–Trinajstić information content (AvgIpc) is 2.18. The molecule has 16 heavy (non-hydrogen) atoms. The second-order valence-corrected chi connectivity index (χ2v) is 5.86. The third-order valence-corrected chi connectivity index (χ3v) is 3.70. The van der Waals surface area contributed by atoms with E-state index in [0.29, 0.717) is 11.3 Å². The first-order valence-electron chi connectivity index (χ1n) is 6.59. The van der Waals surface area contributed by atoms with Crippen LogP contribution in [-0.4, -0.2) is 24.4 Å². The van der Waals surface area contributed by atoms with Crippen molar-refractivity contribution in [3.05, 3.63) is 0 Å². The van der Waals surface area contributed by atoms with Gasteiger partial charge in [-0.05, 0) is 24.7 Å². The van der Waals surface area contributed by atoms with E-state index >= 15 is 0 Å². The third kappa shape index (κ3) is 5.31. The molecule has 3 unspecified atom stereocenters. The zero-order valence-electron chi connectivity index (χ0n) is 11.9. The van der Waals surface area contributed by atoms with Crippen molar-refractivity contribution in [1.82, 2.24) is 0 Å². The smallest absolute Gasteiger partial charge is 0.0597 e. The molecule has 0 fully saturated rings. The van der Waals surface area contributed by atoms with Gasteiger partial charge in [0.05, 0.1) is 12.7 Å². The lowest BCUT2D eigenvalue weighted by molar-refractivity contribution is -0.0311. The molecule has 0 rings (SSSR count). The normalized spacial score (nSPS) is 18.2. The number of aliphatic hydroxyl groups is 1. The zero-order valence-corrected chi connectivity index (χ0v) is 11.9. The van der Waals surface area contributed by atoms with Gasteiger partial charge in [0.2, 0.25) is 0 Å². The van der Waals surface area contributed by atoms with Gasteiger partial charge in [-0.25, -0.2) is 0 Å². The topological polar surface area (TPSA) is 29.5 Å². The van der Waals surface area contributed by atoms with Gasteiger partial charge in [-0.15, -0.1) is 0 Å². The Kier molecular flexibility index (Phi) is 7.25. The molecular weight excluding hydrogens is 200 g/mol. The SMILES string of the molecule is CCC(CO)C(C)OCC(CC)C(C)(C)C. The summed E-state index contributed by atoms with van der Waals surface area (Å²) >= 11 is 0. The van der Waals surface area contributed by atoms with E-state index in [2.05, 4.69) is 41.5 Å². The summed E-state index contributed by atoms with van der Waals surface area (Å²) in [5, 5.41) is 9.20. The van der Waals surface area contributed by atoms with Gasteiger partial charge < -0.3 is 9.84 Å². The van der Waals surface area contributed by atoms with Gasteiger partial charge in [0.1, 0.15) is 0 Å². The predicted octanol–water partition coefficient (Wildman–Crippen LogP) is 3.48. The van der Waals surface area contributed by atoms with E-state index in [0.717, 1.165) is 19.4 Å². The molecule has 0 aromatic rings. The first-order valence-corrected chi connectivity index (χ1v) is 6.59. The predicted molar refractivity (Wildman–Crippen MR) is 69.5 cm³/mol. The highest BCUT2D eigenvalue weighted by Gasteiger charge is 2.24. The maximum atomic E-state index is 9.20. The molecule has 3 atom stereocenters. The summed E-state index contributed by atoms with van der Waals surface area (Å²) < 4.78 is 5.91. The number of aliphatic hydroxyl groups excluding tert-OH is 1. The van der Waals surface area contributed by atoms with Crippen molar-refractivity contribution >= 4 is 0 Å².